The summed E-state index contributed by atoms with van der Waals surface area (Å²) in [6.45, 7) is 0.692. The molecule has 0 saturated heterocycles. The molecule has 1 saturated carbocycles. The molecule has 1 aliphatic carbocycles. The fourth-order valence-electron chi connectivity index (χ4n) is 5.42. The number of methoxy groups -OCH3 is 1. The van der Waals surface area contributed by atoms with E-state index in [1.165, 1.54) is 11.3 Å². The van der Waals surface area contributed by atoms with Gasteiger partial charge in [0.2, 0.25) is 5.76 Å². The Kier molecular flexibility index (Phi) is 6.95. The standard InChI is InChI=1S/C29H30N2O6S/c1-34-24-12-11-19-15-31(28(32)25(18-7-3-2-4-8-18)36-20-9-5-6-10-20)23(27-29(33)37-27)13-22(19)26(24)35-16-21-14-30-17-38-21/h2-4,7-8,11-12,14,17,20,23,25,33H,5-6,9-10,13,15-16H2,1H3/t23-,25-/m1/s1. The van der Waals surface area contributed by atoms with E-state index in [-0.39, 0.29) is 18.0 Å². The molecule has 1 amide bonds. The van der Waals surface area contributed by atoms with Crippen LogP contribution in [0.4, 0.5) is 0 Å². The molecule has 3 aliphatic rings. The third-order valence-corrected chi connectivity index (χ3v) is 8.17. The fraction of sp³-hybridized carbons (Fsp3) is 0.379. The minimum atomic E-state index is -0.731. The number of rotatable bonds is 9. The van der Waals surface area contributed by atoms with Crippen LogP contribution in [0.25, 0.3) is 0 Å². The molecule has 1 fully saturated rings. The zero-order valence-corrected chi connectivity index (χ0v) is 22.0. The first kappa shape index (κ1) is 24.8. The molecule has 38 heavy (non-hydrogen) atoms. The van der Waals surface area contributed by atoms with Crippen LogP contribution in [-0.2, 0) is 33.8 Å². The lowest BCUT2D eigenvalue weighted by atomic mass is 9.91. The highest BCUT2D eigenvalue weighted by atomic mass is 32.1. The number of ether oxygens (including phenoxy) is 4. The number of aliphatic hydroxyl groups excluding tert-OH is 1. The predicted octanol–water partition coefficient (Wildman–Crippen LogP) is 5.44. The summed E-state index contributed by atoms with van der Waals surface area (Å²) in [5.74, 6) is 1.40. The Bertz CT molecular complexity index is 1320. The van der Waals surface area contributed by atoms with Crippen molar-refractivity contribution in [2.45, 2.75) is 63.5 Å². The second-order valence-electron chi connectivity index (χ2n) is 9.78. The van der Waals surface area contributed by atoms with Gasteiger partial charge in [-0.1, -0.05) is 49.2 Å². The topological polar surface area (TPSA) is 93.6 Å². The summed E-state index contributed by atoms with van der Waals surface area (Å²) in [6.07, 6.45) is 5.66. The molecular formula is C29H30N2O6S. The van der Waals surface area contributed by atoms with Crippen molar-refractivity contribution in [3.05, 3.63) is 87.4 Å². The minimum Gasteiger partial charge on any atom is -0.493 e. The van der Waals surface area contributed by atoms with E-state index in [1.54, 1.807) is 23.7 Å². The van der Waals surface area contributed by atoms with Gasteiger partial charge in [0.05, 0.1) is 23.6 Å². The molecule has 1 aromatic heterocycles. The predicted molar refractivity (Wildman–Crippen MR) is 141 cm³/mol. The first-order valence-electron chi connectivity index (χ1n) is 12.9. The van der Waals surface area contributed by atoms with Gasteiger partial charge in [-0.15, -0.1) is 11.3 Å². The van der Waals surface area contributed by atoms with Crippen molar-refractivity contribution in [3.63, 3.8) is 0 Å². The second kappa shape index (κ2) is 10.7. The number of amides is 1. The number of carbonyl (C=O) groups is 1. The molecule has 0 radical (unpaired) electrons. The van der Waals surface area contributed by atoms with Gasteiger partial charge < -0.3 is 29.0 Å². The van der Waals surface area contributed by atoms with Crippen LogP contribution in [0.1, 0.15) is 53.4 Å². The summed E-state index contributed by atoms with van der Waals surface area (Å²) < 4.78 is 23.7. The van der Waals surface area contributed by atoms with Crippen molar-refractivity contribution in [1.82, 2.24) is 9.88 Å². The molecule has 198 valence electrons. The zero-order chi connectivity index (χ0) is 26.1. The largest absolute Gasteiger partial charge is 0.493 e. The van der Waals surface area contributed by atoms with Crippen LogP contribution in [-0.4, -0.2) is 40.2 Å². The van der Waals surface area contributed by atoms with Gasteiger partial charge in [0.15, 0.2) is 17.6 Å². The normalized spacial score (nSPS) is 19.6. The maximum atomic E-state index is 14.2. The van der Waals surface area contributed by atoms with Crippen molar-refractivity contribution >= 4 is 17.2 Å². The third-order valence-electron chi connectivity index (χ3n) is 7.42. The molecule has 0 bridgehead atoms. The molecule has 0 spiro atoms. The van der Waals surface area contributed by atoms with Crippen LogP contribution in [0.15, 0.2) is 65.9 Å². The Morgan fingerprint density at radius 2 is 2.00 bits per heavy atom. The van der Waals surface area contributed by atoms with Crippen LogP contribution < -0.4 is 9.47 Å². The van der Waals surface area contributed by atoms with E-state index >= 15 is 0 Å². The fourth-order valence-corrected chi connectivity index (χ4v) is 5.93. The number of benzene rings is 2. The van der Waals surface area contributed by atoms with Gasteiger partial charge in [0.25, 0.3) is 5.91 Å². The SMILES string of the molecule is COc1ccc2c(c1OCc1cncs1)C[C@H](C1=C(O)O1)N(C(=O)[C@H](OC1CCCC1)c1ccccc1)C2. The van der Waals surface area contributed by atoms with Gasteiger partial charge in [-0.25, -0.2) is 0 Å². The number of nitrogens with zero attached hydrogens (tertiary/aromatic N) is 2. The second-order valence-corrected chi connectivity index (χ2v) is 10.8. The Morgan fingerprint density at radius 3 is 2.68 bits per heavy atom. The number of hydrogen-bond donors (Lipinski definition) is 1. The molecule has 1 N–H and O–H groups in total. The number of carbonyl (C=O) groups excluding carboxylic acids is 1. The molecule has 2 aliphatic heterocycles. The summed E-state index contributed by atoms with van der Waals surface area (Å²) in [7, 11) is 1.61. The Hall–Kier alpha value is -3.56. The van der Waals surface area contributed by atoms with E-state index in [0.29, 0.717) is 36.8 Å². The highest BCUT2D eigenvalue weighted by Gasteiger charge is 2.45. The molecule has 6 rings (SSSR count). The number of fused-ring (bicyclic) bond motifs is 1. The van der Waals surface area contributed by atoms with E-state index in [0.717, 1.165) is 47.3 Å². The monoisotopic (exact) mass is 534 g/mol. The lowest BCUT2D eigenvalue weighted by molar-refractivity contribution is -0.151. The van der Waals surface area contributed by atoms with E-state index in [4.69, 9.17) is 18.9 Å². The van der Waals surface area contributed by atoms with Gasteiger partial charge in [-0.05, 0) is 30.0 Å². The highest BCUT2D eigenvalue weighted by Crippen LogP contribution is 2.44. The van der Waals surface area contributed by atoms with E-state index in [2.05, 4.69) is 4.98 Å². The molecule has 0 unspecified atom stereocenters. The van der Waals surface area contributed by atoms with Gasteiger partial charge >= 0.3 is 5.95 Å². The first-order valence-corrected chi connectivity index (χ1v) is 13.8. The molecule has 3 aromatic rings. The average Bonchev–Trinajstić information content (AvgIpc) is 3.32. The first-order chi connectivity index (χ1) is 18.6. The Morgan fingerprint density at radius 1 is 1.21 bits per heavy atom. The number of thiazole rings is 1. The molecular weight excluding hydrogens is 504 g/mol. The van der Waals surface area contributed by atoms with Gasteiger partial charge in [-0.2, -0.15) is 0 Å². The smallest absolute Gasteiger partial charge is 0.325 e. The van der Waals surface area contributed by atoms with Crippen molar-refractivity contribution in [2.24, 2.45) is 0 Å². The van der Waals surface area contributed by atoms with Crippen LogP contribution in [0.5, 0.6) is 11.5 Å². The lowest BCUT2D eigenvalue weighted by Gasteiger charge is -2.38. The van der Waals surface area contributed by atoms with Gasteiger partial charge in [0.1, 0.15) is 12.6 Å². The lowest BCUT2D eigenvalue weighted by Crippen LogP contribution is -2.47. The van der Waals surface area contributed by atoms with Crippen LogP contribution >= 0.6 is 11.3 Å². The molecule has 2 aromatic carbocycles. The van der Waals surface area contributed by atoms with E-state index < -0.39 is 12.1 Å². The van der Waals surface area contributed by atoms with Crippen LogP contribution in [0, 0.1) is 0 Å². The molecule has 8 nitrogen and oxygen atoms in total. The quantitative estimate of drug-likeness (QED) is 0.391. The zero-order valence-electron chi connectivity index (χ0n) is 21.2. The van der Waals surface area contributed by atoms with Gasteiger partial charge in [-0.3, -0.25) is 9.78 Å². The highest BCUT2D eigenvalue weighted by molar-refractivity contribution is 7.09. The summed E-state index contributed by atoms with van der Waals surface area (Å²) in [6, 6.07) is 13.0. The average molecular weight is 535 g/mol. The molecule has 9 heteroatoms. The van der Waals surface area contributed by atoms with Crippen molar-refractivity contribution < 1.29 is 28.8 Å². The summed E-state index contributed by atoms with van der Waals surface area (Å²) in [5, 5.41) is 10.1. The van der Waals surface area contributed by atoms with Crippen molar-refractivity contribution in [2.75, 3.05) is 7.11 Å². The summed E-state index contributed by atoms with van der Waals surface area (Å²) in [4.78, 5) is 21.1. The maximum absolute atomic E-state index is 14.2. The number of aliphatic hydroxyl groups is 1. The number of hydrogen-bond acceptors (Lipinski definition) is 8. The van der Waals surface area contributed by atoms with Crippen molar-refractivity contribution in [3.8, 4) is 11.5 Å². The summed E-state index contributed by atoms with van der Waals surface area (Å²) >= 11 is 1.52. The maximum Gasteiger partial charge on any atom is 0.325 e. The minimum absolute atomic E-state index is 0.0560. The third kappa shape index (κ3) is 4.96. The van der Waals surface area contributed by atoms with Crippen LogP contribution in [0.3, 0.4) is 0 Å². The molecule has 3 heterocycles. The van der Waals surface area contributed by atoms with E-state index in [9.17, 15) is 9.90 Å². The summed E-state index contributed by atoms with van der Waals surface area (Å²) in [5.41, 5.74) is 4.49. The Balaban J connectivity index is 1.33. The van der Waals surface area contributed by atoms with Crippen LogP contribution in [0.2, 0.25) is 0 Å². The number of aromatic nitrogens is 1. The van der Waals surface area contributed by atoms with Gasteiger partial charge in [0, 0.05) is 24.7 Å². The molecule has 2 atom stereocenters. The van der Waals surface area contributed by atoms with Crippen molar-refractivity contribution in [1.29, 1.82) is 0 Å². The Labute approximate surface area is 225 Å². The van der Waals surface area contributed by atoms with E-state index in [1.807, 2.05) is 42.5 Å².